The molecule has 3 atom stereocenters. The Balaban J connectivity index is 2.73. The van der Waals surface area contributed by atoms with E-state index >= 15 is 0 Å². The highest BCUT2D eigenvalue weighted by Crippen LogP contribution is 2.39. The summed E-state index contributed by atoms with van der Waals surface area (Å²) in [5.74, 6) is -1.15. The van der Waals surface area contributed by atoms with Crippen LogP contribution in [0.4, 0.5) is 0 Å². The molecule has 0 aromatic heterocycles. The monoisotopic (exact) mass is 358 g/mol. The molecule has 1 rings (SSSR count). The molecule has 0 aliphatic carbocycles. The first-order chi connectivity index (χ1) is 12.0. The molecule has 6 heteroatoms. The Labute approximate surface area is 151 Å². The Hall–Kier alpha value is -1.14. The van der Waals surface area contributed by atoms with Crippen LogP contribution in [0.1, 0.15) is 92.4 Å². The fourth-order valence-corrected chi connectivity index (χ4v) is 3.43. The lowest BCUT2D eigenvalue weighted by Gasteiger charge is -2.43. The first-order valence-corrected chi connectivity index (χ1v) is 9.74. The van der Waals surface area contributed by atoms with Crippen LogP contribution in [-0.4, -0.2) is 23.6 Å². The van der Waals surface area contributed by atoms with Gasteiger partial charge >= 0.3 is 11.9 Å². The summed E-state index contributed by atoms with van der Waals surface area (Å²) in [5.41, 5.74) is -1.76. The molecule has 6 nitrogen and oxygen atoms in total. The van der Waals surface area contributed by atoms with Crippen molar-refractivity contribution in [3.63, 3.8) is 0 Å². The molecular weight excluding hydrogens is 324 g/mol. The van der Waals surface area contributed by atoms with E-state index in [0.29, 0.717) is 19.3 Å². The zero-order chi connectivity index (χ0) is 18.9. The SMILES string of the molecule is CCCCC(CC)(CCC)C(=O)OOC(=O)C1(CC)OOC1CCC. The van der Waals surface area contributed by atoms with Gasteiger partial charge in [-0.1, -0.05) is 60.3 Å². The molecule has 0 bridgehead atoms. The van der Waals surface area contributed by atoms with Crippen molar-refractivity contribution in [2.24, 2.45) is 5.41 Å². The molecule has 0 N–H and O–H groups in total. The number of unbranched alkanes of at least 4 members (excludes halogenated alkanes) is 1. The summed E-state index contributed by atoms with van der Waals surface area (Å²) in [4.78, 5) is 45.1. The first-order valence-electron chi connectivity index (χ1n) is 9.74. The molecule has 0 spiro atoms. The normalized spacial score (nSPS) is 24.9. The van der Waals surface area contributed by atoms with Gasteiger partial charge in [0, 0.05) is 0 Å². The predicted octanol–water partition coefficient (Wildman–Crippen LogP) is 4.65. The molecule has 0 saturated carbocycles. The minimum absolute atomic E-state index is 0.361. The van der Waals surface area contributed by atoms with Crippen LogP contribution in [-0.2, 0) is 29.1 Å². The fraction of sp³-hybridized carbons (Fsp3) is 0.895. The van der Waals surface area contributed by atoms with Crippen molar-refractivity contribution in [3.05, 3.63) is 0 Å². The summed E-state index contributed by atoms with van der Waals surface area (Å²) in [5, 5.41) is 0. The smallest absolute Gasteiger partial charge is 0.247 e. The molecular formula is C19H34O6. The van der Waals surface area contributed by atoms with E-state index in [-0.39, 0.29) is 6.10 Å². The van der Waals surface area contributed by atoms with E-state index < -0.39 is 23.0 Å². The van der Waals surface area contributed by atoms with Crippen LogP contribution in [0.3, 0.4) is 0 Å². The second kappa shape index (κ2) is 10.1. The third-order valence-electron chi connectivity index (χ3n) is 5.29. The Morgan fingerprint density at radius 3 is 2.16 bits per heavy atom. The Kier molecular flexibility index (Phi) is 8.86. The molecule has 25 heavy (non-hydrogen) atoms. The molecule has 1 saturated heterocycles. The molecule has 1 heterocycles. The highest BCUT2D eigenvalue weighted by molar-refractivity contribution is 5.82. The van der Waals surface area contributed by atoms with Gasteiger partial charge in [-0.2, -0.15) is 0 Å². The number of hydrogen-bond acceptors (Lipinski definition) is 6. The van der Waals surface area contributed by atoms with Gasteiger partial charge < -0.3 is 0 Å². The van der Waals surface area contributed by atoms with Crippen LogP contribution in [0, 0.1) is 5.41 Å². The fourth-order valence-electron chi connectivity index (χ4n) is 3.43. The van der Waals surface area contributed by atoms with Gasteiger partial charge in [-0.15, -0.1) is 0 Å². The maximum atomic E-state index is 12.7. The van der Waals surface area contributed by atoms with Crippen molar-refractivity contribution >= 4 is 11.9 Å². The maximum Gasteiger partial charge on any atom is 0.393 e. The van der Waals surface area contributed by atoms with Crippen molar-refractivity contribution in [2.45, 2.75) is 104 Å². The topological polar surface area (TPSA) is 71.1 Å². The van der Waals surface area contributed by atoms with Crippen LogP contribution in [0.5, 0.6) is 0 Å². The Morgan fingerprint density at radius 2 is 1.72 bits per heavy atom. The van der Waals surface area contributed by atoms with E-state index in [1.54, 1.807) is 0 Å². The Bertz CT molecular complexity index is 434. The average Bonchev–Trinajstić information content (AvgIpc) is 2.61. The summed E-state index contributed by atoms with van der Waals surface area (Å²) in [6.07, 6.45) is 6.50. The molecule has 1 fully saturated rings. The molecule has 0 amide bonds. The minimum Gasteiger partial charge on any atom is -0.247 e. The molecule has 0 aromatic rings. The second-order valence-corrected chi connectivity index (χ2v) is 6.93. The van der Waals surface area contributed by atoms with E-state index in [1.165, 1.54) is 0 Å². The van der Waals surface area contributed by atoms with Gasteiger partial charge in [0.05, 0.1) is 5.41 Å². The maximum absolute atomic E-state index is 12.7. The Morgan fingerprint density at radius 1 is 1.00 bits per heavy atom. The van der Waals surface area contributed by atoms with Crippen LogP contribution in [0.2, 0.25) is 0 Å². The van der Waals surface area contributed by atoms with E-state index in [2.05, 4.69) is 6.92 Å². The lowest BCUT2D eigenvalue weighted by molar-refractivity contribution is -0.502. The molecule has 1 aliphatic rings. The van der Waals surface area contributed by atoms with Crippen LogP contribution < -0.4 is 0 Å². The van der Waals surface area contributed by atoms with E-state index in [0.717, 1.165) is 38.5 Å². The van der Waals surface area contributed by atoms with Gasteiger partial charge in [-0.3, -0.25) is 0 Å². The lowest BCUT2D eigenvalue weighted by atomic mass is 9.76. The zero-order valence-corrected chi connectivity index (χ0v) is 16.4. The van der Waals surface area contributed by atoms with Crippen molar-refractivity contribution < 1.29 is 29.1 Å². The summed E-state index contributed by atoms with van der Waals surface area (Å²) >= 11 is 0. The van der Waals surface area contributed by atoms with E-state index in [9.17, 15) is 9.59 Å². The second-order valence-electron chi connectivity index (χ2n) is 6.93. The van der Waals surface area contributed by atoms with Gasteiger partial charge in [-0.25, -0.2) is 29.1 Å². The average molecular weight is 358 g/mol. The van der Waals surface area contributed by atoms with Crippen LogP contribution >= 0.6 is 0 Å². The highest BCUT2D eigenvalue weighted by atomic mass is 17.3. The minimum atomic E-state index is -1.17. The van der Waals surface area contributed by atoms with Crippen molar-refractivity contribution in [2.75, 3.05) is 0 Å². The first kappa shape index (κ1) is 21.9. The number of carbonyl (C=O) groups is 2. The summed E-state index contributed by atoms with van der Waals surface area (Å²) < 4.78 is 0. The third kappa shape index (κ3) is 4.73. The molecule has 146 valence electrons. The van der Waals surface area contributed by atoms with Gasteiger partial charge in [0.1, 0.15) is 6.10 Å². The number of rotatable bonds is 11. The van der Waals surface area contributed by atoms with Crippen molar-refractivity contribution in [1.29, 1.82) is 0 Å². The predicted molar refractivity (Wildman–Crippen MR) is 93.2 cm³/mol. The van der Waals surface area contributed by atoms with Gasteiger partial charge in [0.15, 0.2) is 0 Å². The van der Waals surface area contributed by atoms with Crippen LogP contribution in [0.25, 0.3) is 0 Å². The summed E-state index contributed by atoms with van der Waals surface area (Å²) in [7, 11) is 0. The van der Waals surface area contributed by atoms with E-state index in [1.807, 2.05) is 27.7 Å². The van der Waals surface area contributed by atoms with Crippen LogP contribution in [0.15, 0.2) is 0 Å². The lowest BCUT2D eigenvalue weighted by Crippen LogP contribution is -2.61. The number of hydrogen-bond donors (Lipinski definition) is 0. The summed E-state index contributed by atoms with van der Waals surface area (Å²) in [6, 6.07) is 0. The largest absolute Gasteiger partial charge is 0.393 e. The number of carbonyl (C=O) groups excluding carboxylic acids is 2. The van der Waals surface area contributed by atoms with Gasteiger partial charge in [0.25, 0.3) is 0 Å². The molecule has 1 aliphatic heterocycles. The molecule has 0 aromatic carbocycles. The molecule has 0 radical (unpaired) electrons. The van der Waals surface area contributed by atoms with E-state index in [4.69, 9.17) is 19.6 Å². The quantitative estimate of drug-likeness (QED) is 0.395. The van der Waals surface area contributed by atoms with Crippen molar-refractivity contribution in [1.82, 2.24) is 0 Å². The summed E-state index contributed by atoms with van der Waals surface area (Å²) in [6.45, 7) is 9.92. The van der Waals surface area contributed by atoms with Crippen molar-refractivity contribution in [3.8, 4) is 0 Å². The van der Waals surface area contributed by atoms with Gasteiger partial charge in [-0.05, 0) is 32.1 Å². The third-order valence-corrected chi connectivity index (χ3v) is 5.29. The van der Waals surface area contributed by atoms with Gasteiger partial charge in [0.2, 0.25) is 5.60 Å². The highest BCUT2D eigenvalue weighted by Gasteiger charge is 2.58. The zero-order valence-electron chi connectivity index (χ0n) is 16.4. The molecule has 3 unspecified atom stereocenters. The standard InChI is InChI=1S/C19H34O6/c1-6-11-14-18(9-4,13-8-3)16(20)23-24-17(21)19(10-5)15(12-7-2)22-25-19/h15H,6-14H2,1-5H3.